The van der Waals surface area contributed by atoms with Crippen molar-refractivity contribution in [3.8, 4) is 17.6 Å². The lowest BCUT2D eigenvalue weighted by Crippen LogP contribution is -2.46. The minimum Gasteiger partial charge on any atom is -0.495 e. The zero-order valence-corrected chi connectivity index (χ0v) is 24.3. The molecule has 0 saturated carbocycles. The van der Waals surface area contributed by atoms with Crippen LogP contribution < -0.4 is 20.7 Å². The highest BCUT2D eigenvalue weighted by Gasteiger charge is 2.32. The molecule has 11 heteroatoms. The summed E-state index contributed by atoms with van der Waals surface area (Å²) in [6.45, 7) is 0.975. The summed E-state index contributed by atoms with van der Waals surface area (Å²) in [5, 5.41) is 7.21. The van der Waals surface area contributed by atoms with Crippen molar-refractivity contribution in [1.29, 1.82) is 0 Å². The van der Waals surface area contributed by atoms with Gasteiger partial charge in [0.05, 0.1) is 51.1 Å². The summed E-state index contributed by atoms with van der Waals surface area (Å²) in [5.74, 6) is 5.75. The van der Waals surface area contributed by atoms with Crippen molar-refractivity contribution in [2.75, 3.05) is 56.7 Å². The molecule has 3 aromatic rings. The number of nitrogens with one attached hydrogen (secondary N) is 2. The quantitative estimate of drug-likeness (QED) is 0.177. The molecular formula is C30H34F4N3O2PS. The molecule has 220 valence electrons. The molecule has 2 fully saturated rings. The van der Waals surface area contributed by atoms with E-state index < -0.39 is 39.0 Å². The monoisotopic (exact) mass is 610 g/mol. The Morgan fingerprint density at radius 3 is 2.76 bits per heavy atom. The van der Waals surface area contributed by atoms with Crippen molar-refractivity contribution in [3.05, 3.63) is 46.8 Å². The van der Waals surface area contributed by atoms with Crippen molar-refractivity contribution in [3.63, 3.8) is 0 Å². The highest BCUT2D eigenvalue weighted by Crippen LogP contribution is 2.51. The molecule has 0 amide bonds. The summed E-state index contributed by atoms with van der Waals surface area (Å²) < 4.78 is 97.4. The van der Waals surface area contributed by atoms with E-state index >= 15 is 0 Å². The van der Waals surface area contributed by atoms with Crippen molar-refractivity contribution < 1.29 is 31.0 Å². The Labute approximate surface area is 246 Å². The van der Waals surface area contributed by atoms with Crippen LogP contribution in [0.2, 0.25) is 0 Å². The van der Waals surface area contributed by atoms with Gasteiger partial charge in [-0.25, -0.2) is 4.39 Å². The number of methoxy groups -OCH3 is 1. The average Bonchev–Trinajstić information content (AvgIpc) is 3.52. The van der Waals surface area contributed by atoms with Gasteiger partial charge in [-0.1, -0.05) is 24.0 Å². The Kier molecular flexibility index (Phi) is 7.75. The molecule has 1 aromatic heterocycles. The molecule has 41 heavy (non-hydrogen) atoms. The lowest BCUT2D eigenvalue weighted by atomic mass is 10.0. The summed E-state index contributed by atoms with van der Waals surface area (Å²) in [6.07, 6.45) is -3.34. The van der Waals surface area contributed by atoms with E-state index in [4.69, 9.17) is 8.85 Å². The number of nitrogens with zero attached hydrogens (tertiary/aromatic N) is 1. The first-order valence-electron chi connectivity index (χ1n) is 15.1. The van der Waals surface area contributed by atoms with Crippen LogP contribution in [0.3, 0.4) is 0 Å². The fourth-order valence-corrected chi connectivity index (χ4v) is 9.62. The molecule has 2 aliphatic rings. The standard InChI is InChI=1S/C30H34F4N3O2PS/c1-37-14-12-24(23(31)19-37)36-26-8-5-7-21-22(18-30(32,33)34)28(41-29(21)26)9-6-13-35-25-11-10-20(17-27(25)39-2)40(38)15-3-4-16-40/h5,7-8,10-11,17,23-24,35-36H,3-4,12-16,18-19H2,1-2H3/t23-,24+/m1/s1/i2D3. The summed E-state index contributed by atoms with van der Waals surface area (Å²) in [5.41, 5.74) is 0.959. The molecule has 0 aliphatic carbocycles. The topological polar surface area (TPSA) is 53.6 Å². The number of hydrogen-bond donors (Lipinski definition) is 2. The lowest BCUT2D eigenvalue weighted by Gasteiger charge is -2.33. The molecule has 5 rings (SSSR count). The number of rotatable bonds is 7. The van der Waals surface area contributed by atoms with Gasteiger partial charge in [-0.15, -0.1) is 11.3 Å². The van der Waals surface area contributed by atoms with E-state index in [0.717, 1.165) is 24.2 Å². The Bertz CT molecular complexity index is 1610. The number of hydrogen-bond acceptors (Lipinski definition) is 6. The summed E-state index contributed by atoms with van der Waals surface area (Å²) in [7, 11) is -3.50. The third kappa shape index (κ3) is 6.85. The Morgan fingerprint density at radius 2 is 2.02 bits per heavy atom. The summed E-state index contributed by atoms with van der Waals surface area (Å²) >= 11 is 1.13. The number of halogens is 4. The number of fused-ring (bicyclic) bond motifs is 1. The molecule has 2 N–H and O–H groups in total. The van der Waals surface area contributed by atoms with Gasteiger partial charge < -0.3 is 24.8 Å². The SMILES string of the molecule is [2H]C([2H])([2H])Oc1cc(P2(=O)CCCC2)ccc1NCC#Cc1sc2c(N[C@H]3CCN(C)C[C@H]3F)cccc2c1CC(F)(F)F. The van der Waals surface area contributed by atoms with Crippen LogP contribution >= 0.6 is 18.5 Å². The van der Waals surface area contributed by atoms with Crippen molar-refractivity contribution >= 4 is 45.2 Å². The Balaban J connectivity index is 1.40. The third-order valence-electron chi connectivity index (χ3n) is 7.68. The normalized spacial score (nSPS) is 22.3. The zero-order chi connectivity index (χ0) is 31.7. The van der Waals surface area contributed by atoms with Gasteiger partial charge in [0.2, 0.25) is 0 Å². The summed E-state index contributed by atoms with van der Waals surface area (Å²) in [4.78, 5) is 2.16. The number of ether oxygens (including phenoxy) is 1. The fraction of sp³-hybridized carbons (Fsp3) is 0.467. The maximum absolute atomic E-state index is 14.7. The van der Waals surface area contributed by atoms with Crippen LogP contribution in [-0.2, 0) is 11.0 Å². The molecule has 2 atom stereocenters. The Morgan fingerprint density at radius 1 is 1.22 bits per heavy atom. The highest BCUT2D eigenvalue weighted by molar-refractivity contribution is 7.71. The van der Waals surface area contributed by atoms with Gasteiger partial charge in [-0.3, -0.25) is 0 Å². The number of alkyl halides is 4. The van der Waals surface area contributed by atoms with Gasteiger partial charge in [0.1, 0.15) is 19.1 Å². The largest absolute Gasteiger partial charge is 0.495 e. The number of likely N-dealkylation sites (tertiary alicyclic amines) is 1. The fourth-order valence-electron chi connectivity index (χ4n) is 5.54. The Hall–Kier alpha value is -2.73. The maximum Gasteiger partial charge on any atom is 0.393 e. The van der Waals surface area contributed by atoms with Crippen molar-refractivity contribution in [2.24, 2.45) is 0 Å². The molecule has 0 unspecified atom stereocenters. The molecule has 0 bridgehead atoms. The van der Waals surface area contributed by atoms with Crippen LogP contribution in [0.4, 0.5) is 28.9 Å². The molecule has 2 saturated heterocycles. The van der Waals surface area contributed by atoms with Crippen LogP contribution in [0.15, 0.2) is 36.4 Å². The summed E-state index contributed by atoms with van der Waals surface area (Å²) in [6, 6.07) is 9.38. The van der Waals surface area contributed by atoms with E-state index in [0.29, 0.717) is 52.1 Å². The van der Waals surface area contributed by atoms with Gasteiger partial charge in [-0.2, -0.15) is 13.2 Å². The molecule has 2 aromatic carbocycles. The predicted octanol–water partition coefficient (Wildman–Crippen LogP) is 6.71. The molecule has 3 heterocycles. The van der Waals surface area contributed by atoms with Gasteiger partial charge in [0.15, 0.2) is 0 Å². The highest BCUT2D eigenvalue weighted by atomic mass is 32.1. The first-order valence-corrected chi connectivity index (χ1v) is 16.4. The first kappa shape index (κ1) is 25.9. The third-order valence-corrected chi connectivity index (χ3v) is 12.2. The lowest BCUT2D eigenvalue weighted by molar-refractivity contribution is -0.126. The van der Waals surface area contributed by atoms with Crippen LogP contribution in [0, 0.1) is 11.8 Å². The van der Waals surface area contributed by atoms with Crippen LogP contribution in [0.5, 0.6) is 5.75 Å². The van der Waals surface area contributed by atoms with E-state index in [2.05, 4.69) is 22.5 Å². The van der Waals surface area contributed by atoms with Gasteiger partial charge in [0, 0.05) is 30.7 Å². The minimum absolute atomic E-state index is 0.0156. The molecule has 0 radical (unpaired) electrons. The molecular weight excluding hydrogens is 573 g/mol. The second-order valence-corrected chi connectivity index (χ2v) is 14.9. The van der Waals surface area contributed by atoms with Crippen LogP contribution in [-0.4, -0.2) is 69.3 Å². The second kappa shape index (κ2) is 12.2. The number of benzene rings is 2. The first-order chi connectivity index (χ1) is 20.7. The molecule has 5 nitrogen and oxygen atoms in total. The minimum atomic E-state index is -4.46. The smallest absolute Gasteiger partial charge is 0.393 e. The maximum atomic E-state index is 14.7. The van der Waals surface area contributed by atoms with Gasteiger partial charge >= 0.3 is 6.18 Å². The van der Waals surface area contributed by atoms with E-state index in [1.54, 1.807) is 30.3 Å². The zero-order valence-electron chi connectivity index (χ0n) is 25.6. The van der Waals surface area contributed by atoms with Crippen molar-refractivity contribution in [1.82, 2.24) is 4.90 Å². The average molecular weight is 611 g/mol. The molecule has 2 aliphatic heterocycles. The van der Waals surface area contributed by atoms with Crippen LogP contribution in [0.25, 0.3) is 10.1 Å². The van der Waals surface area contributed by atoms with Crippen LogP contribution in [0.1, 0.15) is 33.8 Å². The number of thiophene rings is 1. The van der Waals surface area contributed by atoms with E-state index in [9.17, 15) is 22.1 Å². The number of piperidine rings is 1. The van der Waals surface area contributed by atoms with E-state index in [1.807, 2.05) is 11.9 Å². The molecule has 0 spiro atoms. The van der Waals surface area contributed by atoms with Crippen molar-refractivity contribution in [2.45, 2.75) is 44.1 Å². The van der Waals surface area contributed by atoms with E-state index in [1.165, 1.54) is 6.07 Å². The number of anilines is 2. The predicted molar refractivity (Wildman–Crippen MR) is 161 cm³/mol. The van der Waals surface area contributed by atoms with Gasteiger partial charge in [0.25, 0.3) is 0 Å². The van der Waals surface area contributed by atoms with E-state index in [-0.39, 0.29) is 29.3 Å². The second-order valence-electron chi connectivity index (χ2n) is 10.7. The van der Waals surface area contributed by atoms with Gasteiger partial charge in [-0.05, 0) is 61.5 Å².